The van der Waals surface area contributed by atoms with Crippen molar-refractivity contribution in [1.29, 1.82) is 0 Å². The third-order valence-electron chi connectivity index (χ3n) is 4.77. The van der Waals surface area contributed by atoms with Gasteiger partial charge in [0.2, 0.25) is 5.95 Å². The first-order chi connectivity index (χ1) is 15.7. The number of halogens is 3. The SMILES string of the molecule is COc1nn(C)cc1Nc1ncc(C)c(-c2c[nH]c3c(NCC(O)C(F)(F)F)ncnc23)n1. The number of H-pyrrole nitrogens is 1. The summed E-state index contributed by atoms with van der Waals surface area (Å²) in [5.41, 5.74) is 3.31. The number of nitrogens with one attached hydrogen (secondary N) is 3. The number of hydrogen-bond acceptors (Lipinski definition) is 9. The van der Waals surface area contributed by atoms with Crippen LogP contribution < -0.4 is 15.4 Å². The van der Waals surface area contributed by atoms with E-state index in [2.05, 4.69) is 40.7 Å². The van der Waals surface area contributed by atoms with Crippen LogP contribution in [0.15, 0.2) is 24.9 Å². The standard InChI is InChI=1S/C19H20F3N9O2/c1-9-4-25-18(28-11-7-31(2)30-17(11)33-3)29-13(9)10-5-23-15-14(10)26-8-27-16(15)24-6-12(32)19(20,21)22/h4-5,7-8,12,23,32H,6H2,1-3H3,(H,24,26,27)(H,25,28,29). The van der Waals surface area contributed by atoms with Crippen molar-refractivity contribution in [2.24, 2.45) is 7.05 Å². The van der Waals surface area contributed by atoms with Crippen molar-refractivity contribution in [2.45, 2.75) is 19.2 Å². The second-order valence-electron chi connectivity index (χ2n) is 7.16. The van der Waals surface area contributed by atoms with E-state index in [0.717, 1.165) is 5.56 Å². The number of rotatable bonds is 7. The summed E-state index contributed by atoms with van der Waals surface area (Å²) < 4.78 is 44.7. The van der Waals surface area contributed by atoms with Gasteiger partial charge in [0, 0.05) is 25.0 Å². The fraction of sp³-hybridized carbons (Fsp3) is 0.316. The third kappa shape index (κ3) is 4.50. The summed E-state index contributed by atoms with van der Waals surface area (Å²) >= 11 is 0. The Bertz CT molecular complexity index is 1290. The first kappa shape index (κ1) is 22.3. The maximum Gasteiger partial charge on any atom is 0.416 e. The van der Waals surface area contributed by atoms with Crippen LogP contribution >= 0.6 is 0 Å². The smallest absolute Gasteiger partial charge is 0.416 e. The highest BCUT2D eigenvalue weighted by Gasteiger charge is 2.38. The van der Waals surface area contributed by atoms with E-state index in [9.17, 15) is 18.3 Å². The number of nitrogens with zero attached hydrogens (tertiary/aromatic N) is 6. The largest absolute Gasteiger partial charge is 0.478 e. The molecule has 0 bridgehead atoms. The second-order valence-corrected chi connectivity index (χ2v) is 7.16. The number of alkyl halides is 3. The van der Waals surface area contributed by atoms with Gasteiger partial charge in [0.1, 0.15) is 23.0 Å². The Kier molecular flexibility index (Phi) is 5.76. The molecule has 4 aromatic heterocycles. The minimum Gasteiger partial charge on any atom is -0.478 e. The van der Waals surface area contributed by atoms with Gasteiger partial charge in [0.15, 0.2) is 11.9 Å². The Balaban J connectivity index is 1.66. The van der Waals surface area contributed by atoms with E-state index < -0.39 is 18.8 Å². The van der Waals surface area contributed by atoms with Crippen LogP contribution in [0.5, 0.6) is 5.88 Å². The van der Waals surface area contributed by atoms with E-state index >= 15 is 0 Å². The molecule has 0 radical (unpaired) electrons. The van der Waals surface area contributed by atoms with Crippen molar-refractivity contribution in [2.75, 3.05) is 24.3 Å². The number of aliphatic hydroxyl groups is 1. The molecule has 0 fully saturated rings. The number of anilines is 3. The number of aliphatic hydroxyl groups excluding tert-OH is 1. The van der Waals surface area contributed by atoms with Crippen molar-refractivity contribution in [3.63, 3.8) is 0 Å². The predicted octanol–water partition coefficient (Wildman–Crippen LogP) is 2.54. The van der Waals surface area contributed by atoms with Gasteiger partial charge in [0.05, 0.1) is 25.5 Å². The molecule has 0 aliphatic heterocycles. The molecule has 33 heavy (non-hydrogen) atoms. The van der Waals surface area contributed by atoms with Crippen LogP contribution in [0.4, 0.5) is 30.6 Å². The Morgan fingerprint density at radius 1 is 1.27 bits per heavy atom. The molecule has 4 aromatic rings. The van der Waals surface area contributed by atoms with Crippen molar-refractivity contribution in [3.05, 3.63) is 30.5 Å². The quantitative estimate of drug-likeness (QED) is 0.326. The minimum atomic E-state index is -4.74. The van der Waals surface area contributed by atoms with E-state index in [1.165, 1.54) is 13.4 Å². The van der Waals surface area contributed by atoms with E-state index in [4.69, 9.17) is 4.74 Å². The predicted molar refractivity (Wildman–Crippen MR) is 113 cm³/mol. The van der Waals surface area contributed by atoms with Crippen LogP contribution in [0, 0.1) is 6.92 Å². The summed E-state index contributed by atoms with van der Waals surface area (Å²) in [5, 5.41) is 19.0. The van der Waals surface area contributed by atoms with Gasteiger partial charge in [-0.05, 0) is 12.5 Å². The van der Waals surface area contributed by atoms with Crippen LogP contribution in [0.2, 0.25) is 0 Å². The van der Waals surface area contributed by atoms with E-state index in [1.807, 2.05) is 6.92 Å². The minimum absolute atomic E-state index is 0.125. The first-order valence-corrected chi connectivity index (χ1v) is 9.66. The van der Waals surface area contributed by atoms with Gasteiger partial charge in [-0.2, -0.15) is 13.2 Å². The molecule has 0 saturated carbocycles. The Labute approximate surface area is 185 Å². The topological polar surface area (TPSA) is 139 Å². The molecule has 14 heteroatoms. The maximum atomic E-state index is 12.6. The zero-order chi connectivity index (χ0) is 23.8. The van der Waals surface area contributed by atoms with Gasteiger partial charge in [-0.3, -0.25) is 4.68 Å². The first-order valence-electron chi connectivity index (χ1n) is 9.66. The molecule has 0 aliphatic carbocycles. The Morgan fingerprint density at radius 2 is 2.06 bits per heavy atom. The summed E-state index contributed by atoms with van der Waals surface area (Å²) in [6.07, 6.45) is -1.06. The van der Waals surface area contributed by atoms with Gasteiger partial charge in [0.25, 0.3) is 5.88 Å². The normalized spacial score (nSPS) is 12.7. The van der Waals surface area contributed by atoms with Gasteiger partial charge in [-0.25, -0.2) is 19.9 Å². The van der Waals surface area contributed by atoms with Crippen LogP contribution in [0.1, 0.15) is 5.56 Å². The lowest BCUT2D eigenvalue weighted by Crippen LogP contribution is -2.35. The summed E-state index contributed by atoms with van der Waals surface area (Å²) in [7, 11) is 3.25. The number of ether oxygens (including phenoxy) is 1. The fourth-order valence-corrected chi connectivity index (χ4v) is 3.16. The van der Waals surface area contributed by atoms with Crippen molar-refractivity contribution in [1.82, 2.24) is 34.7 Å². The summed E-state index contributed by atoms with van der Waals surface area (Å²) in [5.74, 6) is 0.788. The average molecular weight is 463 g/mol. The monoisotopic (exact) mass is 463 g/mol. The van der Waals surface area contributed by atoms with Crippen LogP contribution in [-0.4, -0.2) is 65.7 Å². The maximum absolute atomic E-state index is 12.6. The highest BCUT2D eigenvalue weighted by atomic mass is 19.4. The van der Waals surface area contributed by atoms with Gasteiger partial charge in [-0.1, -0.05) is 0 Å². The Hall–Kier alpha value is -3.94. The number of aromatic amines is 1. The summed E-state index contributed by atoms with van der Waals surface area (Å²) in [6, 6.07) is 0. The van der Waals surface area contributed by atoms with Crippen molar-refractivity contribution >= 4 is 28.5 Å². The van der Waals surface area contributed by atoms with Gasteiger partial charge >= 0.3 is 6.18 Å². The molecule has 174 valence electrons. The highest BCUT2D eigenvalue weighted by Crippen LogP contribution is 2.32. The van der Waals surface area contributed by atoms with Gasteiger partial charge < -0.3 is 25.5 Å². The molecule has 0 aromatic carbocycles. The zero-order valence-corrected chi connectivity index (χ0v) is 17.8. The number of fused-ring (bicyclic) bond motifs is 1. The summed E-state index contributed by atoms with van der Waals surface area (Å²) in [4.78, 5) is 20.1. The molecule has 1 unspecified atom stereocenters. The van der Waals surface area contributed by atoms with E-state index in [0.29, 0.717) is 33.9 Å². The number of aromatic nitrogens is 7. The molecule has 0 amide bonds. The number of hydrogen-bond donors (Lipinski definition) is 4. The number of aryl methyl sites for hydroxylation is 2. The fourth-order valence-electron chi connectivity index (χ4n) is 3.16. The molecular weight excluding hydrogens is 443 g/mol. The zero-order valence-electron chi connectivity index (χ0n) is 17.8. The van der Waals surface area contributed by atoms with Crippen LogP contribution in [0.3, 0.4) is 0 Å². The van der Waals surface area contributed by atoms with Crippen LogP contribution in [0.25, 0.3) is 22.3 Å². The molecule has 4 N–H and O–H groups in total. The average Bonchev–Trinajstić information content (AvgIpc) is 3.35. The summed E-state index contributed by atoms with van der Waals surface area (Å²) in [6.45, 7) is 1.07. The second kappa shape index (κ2) is 8.54. The molecule has 11 nitrogen and oxygen atoms in total. The number of methoxy groups -OCH3 is 1. The lowest BCUT2D eigenvalue weighted by molar-refractivity contribution is -0.198. The van der Waals surface area contributed by atoms with E-state index in [1.54, 1.807) is 30.3 Å². The van der Waals surface area contributed by atoms with Crippen molar-refractivity contribution in [3.8, 4) is 17.1 Å². The van der Waals surface area contributed by atoms with E-state index in [-0.39, 0.29) is 11.8 Å². The molecule has 0 saturated heterocycles. The Morgan fingerprint density at radius 3 is 2.79 bits per heavy atom. The highest BCUT2D eigenvalue weighted by molar-refractivity contribution is 5.97. The molecular formula is C19H20F3N9O2. The van der Waals surface area contributed by atoms with Crippen LogP contribution in [-0.2, 0) is 7.05 Å². The van der Waals surface area contributed by atoms with Crippen molar-refractivity contribution < 1.29 is 23.0 Å². The lowest BCUT2D eigenvalue weighted by atomic mass is 10.1. The third-order valence-corrected chi connectivity index (χ3v) is 4.77. The molecule has 0 aliphatic rings. The van der Waals surface area contributed by atoms with Gasteiger partial charge in [-0.15, -0.1) is 5.10 Å². The lowest BCUT2D eigenvalue weighted by Gasteiger charge is -2.15. The molecule has 4 rings (SSSR count). The molecule has 0 spiro atoms. The molecule has 1 atom stereocenters. The molecule has 4 heterocycles.